The minimum atomic E-state index is -0.482. The molecule has 7 nitrogen and oxygen atoms in total. The average molecular weight is 351 g/mol. The number of carbonyl (C=O) groups excluding carboxylic acids is 3. The molecule has 0 bridgehead atoms. The van der Waals surface area contributed by atoms with E-state index in [-0.39, 0.29) is 11.0 Å². The van der Waals surface area contributed by atoms with Crippen molar-refractivity contribution >= 4 is 35.1 Å². The predicted molar refractivity (Wildman–Crippen MR) is 93.3 cm³/mol. The number of ether oxygens (including phenoxy) is 1. The van der Waals surface area contributed by atoms with Gasteiger partial charge in [0.05, 0.1) is 12.7 Å². The average Bonchev–Trinajstić information content (AvgIpc) is 2.59. The van der Waals surface area contributed by atoms with E-state index in [1.807, 2.05) is 0 Å². The fraction of sp³-hybridized carbons (Fsp3) is 0.375. The third-order valence-electron chi connectivity index (χ3n) is 3.12. The molecular formula is C16H21N3O4S. The Morgan fingerprint density at radius 2 is 1.67 bits per heavy atom. The van der Waals surface area contributed by atoms with Crippen molar-refractivity contribution < 1.29 is 19.1 Å². The number of benzene rings is 1. The van der Waals surface area contributed by atoms with Crippen molar-refractivity contribution in [3.05, 3.63) is 35.4 Å². The lowest BCUT2D eigenvalue weighted by atomic mass is 10.1. The van der Waals surface area contributed by atoms with Gasteiger partial charge in [-0.1, -0.05) is 19.8 Å². The van der Waals surface area contributed by atoms with Gasteiger partial charge in [0, 0.05) is 12.0 Å². The Hall–Kier alpha value is -2.48. The lowest BCUT2D eigenvalue weighted by Gasteiger charge is -2.11. The van der Waals surface area contributed by atoms with Gasteiger partial charge in [0.2, 0.25) is 5.91 Å². The van der Waals surface area contributed by atoms with Gasteiger partial charge in [-0.2, -0.15) is 0 Å². The summed E-state index contributed by atoms with van der Waals surface area (Å²) in [6, 6.07) is 5.92. The Balaban J connectivity index is 2.42. The van der Waals surface area contributed by atoms with Gasteiger partial charge in [-0.25, -0.2) is 4.79 Å². The fourth-order valence-corrected chi connectivity index (χ4v) is 1.95. The van der Waals surface area contributed by atoms with Crippen molar-refractivity contribution in [2.75, 3.05) is 7.11 Å². The fourth-order valence-electron chi connectivity index (χ4n) is 1.81. The second-order valence-electron chi connectivity index (χ2n) is 4.98. The summed E-state index contributed by atoms with van der Waals surface area (Å²) in [6.07, 6.45) is 3.21. The van der Waals surface area contributed by atoms with E-state index in [0.717, 1.165) is 19.3 Å². The molecular weight excluding hydrogens is 330 g/mol. The summed E-state index contributed by atoms with van der Waals surface area (Å²) in [4.78, 5) is 34.8. The normalized spacial score (nSPS) is 9.75. The van der Waals surface area contributed by atoms with Gasteiger partial charge in [0.25, 0.3) is 5.91 Å². The zero-order chi connectivity index (χ0) is 17.9. The largest absolute Gasteiger partial charge is 0.465 e. The third kappa shape index (κ3) is 6.74. The van der Waals surface area contributed by atoms with Crippen molar-refractivity contribution in [1.82, 2.24) is 16.2 Å². The number of unbranched alkanes of at least 4 members (excludes halogenated alkanes) is 2. The number of hydrogen-bond acceptors (Lipinski definition) is 5. The highest BCUT2D eigenvalue weighted by atomic mass is 32.1. The van der Waals surface area contributed by atoms with E-state index >= 15 is 0 Å². The topological polar surface area (TPSA) is 96.5 Å². The summed E-state index contributed by atoms with van der Waals surface area (Å²) in [7, 11) is 1.28. The summed E-state index contributed by atoms with van der Waals surface area (Å²) in [5.74, 6) is -1.13. The molecule has 1 aromatic carbocycles. The number of carbonyl (C=O) groups is 3. The van der Waals surface area contributed by atoms with Crippen LogP contribution in [-0.2, 0) is 9.53 Å². The van der Waals surface area contributed by atoms with E-state index in [1.165, 1.54) is 31.4 Å². The molecule has 0 atom stereocenters. The van der Waals surface area contributed by atoms with Crippen molar-refractivity contribution in [3.63, 3.8) is 0 Å². The van der Waals surface area contributed by atoms with E-state index < -0.39 is 11.9 Å². The molecule has 0 saturated heterocycles. The molecule has 0 radical (unpaired) electrons. The molecule has 0 aliphatic heterocycles. The van der Waals surface area contributed by atoms with Crippen LogP contribution in [0.2, 0.25) is 0 Å². The number of methoxy groups -OCH3 is 1. The Labute approximate surface area is 146 Å². The van der Waals surface area contributed by atoms with Crippen LogP contribution in [0.5, 0.6) is 0 Å². The van der Waals surface area contributed by atoms with Crippen LogP contribution in [0.25, 0.3) is 0 Å². The van der Waals surface area contributed by atoms with Gasteiger partial charge in [-0.05, 0) is 42.9 Å². The minimum Gasteiger partial charge on any atom is -0.465 e. The molecule has 0 aliphatic carbocycles. The molecule has 2 amide bonds. The first-order chi connectivity index (χ1) is 11.5. The van der Waals surface area contributed by atoms with Gasteiger partial charge in [0.1, 0.15) is 0 Å². The first kappa shape index (κ1) is 19.6. The highest BCUT2D eigenvalue weighted by molar-refractivity contribution is 7.80. The van der Waals surface area contributed by atoms with Crippen molar-refractivity contribution in [1.29, 1.82) is 0 Å². The molecule has 0 aliphatic rings. The van der Waals surface area contributed by atoms with Crippen LogP contribution in [0, 0.1) is 0 Å². The zero-order valence-electron chi connectivity index (χ0n) is 13.7. The molecule has 0 aromatic heterocycles. The van der Waals surface area contributed by atoms with Crippen LogP contribution in [0.4, 0.5) is 0 Å². The maximum absolute atomic E-state index is 12.0. The molecule has 0 fully saturated rings. The zero-order valence-corrected chi connectivity index (χ0v) is 14.5. The smallest absolute Gasteiger partial charge is 0.337 e. The lowest BCUT2D eigenvalue weighted by Crippen LogP contribution is -2.48. The molecule has 1 aromatic rings. The molecule has 1 rings (SSSR count). The number of hydrogen-bond donors (Lipinski definition) is 3. The molecule has 0 heterocycles. The standard InChI is InChI=1S/C16H21N3O4S/c1-3-4-5-6-13(20)18-19-16(24)17-14(21)11-7-9-12(10-8-11)15(22)23-2/h7-10H,3-6H2,1-2H3,(H,18,20)(H2,17,19,21,24). The lowest BCUT2D eigenvalue weighted by molar-refractivity contribution is -0.121. The van der Waals surface area contributed by atoms with Crippen LogP contribution < -0.4 is 16.2 Å². The Bertz CT molecular complexity index is 602. The molecule has 0 spiro atoms. The van der Waals surface area contributed by atoms with E-state index in [4.69, 9.17) is 12.2 Å². The van der Waals surface area contributed by atoms with Gasteiger partial charge in [0.15, 0.2) is 5.11 Å². The van der Waals surface area contributed by atoms with Crippen LogP contribution in [-0.4, -0.2) is 30.0 Å². The first-order valence-corrected chi connectivity index (χ1v) is 7.97. The highest BCUT2D eigenvalue weighted by Gasteiger charge is 2.10. The number of thiocarbonyl (C=S) groups is 1. The number of hydrazine groups is 1. The molecule has 8 heteroatoms. The van der Waals surface area contributed by atoms with E-state index in [0.29, 0.717) is 17.5 Å². The number of esters is 1. The SMILES string of the molecule is CCCCCC(=O)NNC(=S)NC(=O)c1ccc(C(=O)OC)cc1. The summed E-state index contributed by atoms with van der Waals surface area (Å²) in [5, 5.41) is 2.42. The molecule has 24 heavy (non-hydrogen) atoms. The summed E-state index contributed by atoms with van der Waals surface area (Å²) in [6.45, 7) is 2.05. The molecule has 130 valence electrons. The maximum Gasteiger partial charge on any atom is 0.337 e. The Morgan fingerprint density at radius 3 is 2.25 bits per heavy atom. The number of amides is 2. The Morgan fingerprint density at radius 1 is 1.04 bits per heavy atom. The van der Waals surface area contributed by atoms with Crippen molar-refractivity contribution in [2.45, 2.75) is 32.6 Å². The maximum atomic E-state index is 12.0. The second kappa shape index (κ2) is 10.3. The monoisotopic (exact) mass is 351 g/mol. The first-order valence-electron chi connectivity index (χ1n) is 7.56. The highest BCUT2D eigenvalue weighted by Crippen LogP contribution is 2.05. The third-order valence-corrected chi connectivity index (χ3v) is 3.32. The summed E-state index contributed by atoms with van der Waals surface area (Å²) in [5.41, 5.74) is 5.56. The Kier molecular flexibility index (Phi) is 8.42. The van der Waals surface area contributed by atoms with Gasteiger partial charge in [-0.3, -0.25) is 25.8 Å². The van der Waals surface area contributed by atoms with Crippen LogP contribution in [0.3, 0.4) is 0 Å². The van der Waals surface area contributed by atoms with Crippen molar-refractivity contribution in [3.8, 4) is 0 Å². The van der Waals surface area contributed by atoms with Gasteiger partial charge >= 0.3 is 5.97 Å². The van der Waals surface area contributed by atoms with E-state index in [9.17, 15) is 14.4 Å². The number of rotatable bonds is 6. The number of nitrogens with one attached hydrogen (secondary N) is 3. The van der Waals surface area contributed by atoms with Crippen LogP contribution in [0.1, 0.15) is 53.3 Å². The summed E-state index contributed by atoms with van der Waals surface area (Å²) >= 11 is 4.94. The van der Waals surface area contributed by atoms with Crippen LogP contribution >= 0.6 is 12.2 Å². The quantitative estimate of drug-likeness (QED) is 0.312. The van der Waals surface area contributed by atoms with Crippen LogP contribution in [0.15, 0.2) is 24.3 Å². The van der Waals surface area contributed by atoms with Gasteiger partial charge in [-0.15, -0.1) is 0 Å². The minimum absolute atomic E-state index is 0.0131. The molecule has 3 N–H and O–H groups in total. The van der Waals surface area contributed by atoms with E-state index in [2.05, 4.69) is 27.8 Å². The predicted octanol–water partition coefficient (Wildman–Crippen LogP) is 1.69. The van der Waals surface area contributed by atoms with Crippen molar-refractivity contribution in [2.24, 2.45) is 0 Å². The van der Waals surface area contributed by atoms with E-state index in [1.54, 1.807) is 0 Å². The van der Waals surface area contributed by atoms with Gasteiger partial charge < -0.3 is 4.74 Å². The molecule has 0 unspecified atom stereocenters. The molecule has 0 saturated carbocycles. The second-order valence-corrected chi connectivity index (χ2v) is 5.39. The summed E-state index contributed by atoms with van der Waals surface area (Å²) < 4.78 is 4.58.